The zero-order chi connectivity index (χ0) is 35.0. The summed E-state index contributed by atoms with van der Waals surface area (Å²) in [6, 6.07) is 40.0. The van der Waals surface area contributed by atoms with Crippen molar-refractivity contribution in [1.82, 2.24) is 0 Å². The van der Waals surface area contributed by atoms with Crippen LogP contribution < -0.4 is 0 Å². The molecule has 0 bridgehead atoms. The van der Waals surface area contributed by atoms with Crippen molar-refractivity contribution in [2.45, 2.75) is 18.5 Å². The Balaban J connectivity index is 1.65. The van der Waals surface area contributed by atoms with Gasteiger partial charge in [-0.2, -0.15) is 13.2 Å². The van der Waals surface area contributed by atoms with Crippen LogP contribution >= 0.6 is 23.2 Å². The summed E-state index contributed by atoms with van der Waals surface area (Å²) in [7, 11) is 0. The molecule has 7 aromatic carbocycles. The van der Waals surface area contributed by atoms with Crippen molar-refractivity contribution >= 4 is 34.0 Å². The Morgan fingerprint density at radius 3 is 1.72 bits per heavy atom. The molecule has 0 fully saturated rings. The number of alkyl halides is 3. The van der Waals surface area contributed by atoms with Crippen molar-refractivity contribution in [3.63, 3.8) is 0 Å². The summed E-state index contributed by atoms with van der Waals surface area (Å²) in [5.74, 6) is -2.27. The van der Waals surface area contributed by atoms with Gasteiger partial charge in [0, 0.05) is 27.6 Å². The first-order chi connectivity index (χ1) is 24.1. The van der Waals surface area contributed by atoms with Gasteiger partial charge in [0.05, 0.1) is 5.56 Å². The van der Waals surface area contributed by atoms with Crippen molar-refractivity contribution in [2.24, 2.45) is 0 Å². The molecule has 0 heterocycles. The number of halogens is 7. The second-order valence-electron chi connectivity index (χ2n) is 12.1. The maximum Gasteiger partial charge on any atom is 0.417 e. The summed E-state index contributed by atoms with van der Waals surface area (Å²) in [6.07, 6.45) is -4.98. The molecule has 50 heavy (non-hydrogen) atoms. The van der Waals surface area contributed by atoms with Gasteiger partial charge in [0.2, 0.25) is 0 Å². The van der Waals surface area contributed by atoms with E-state index in [2.05, 4.69) is 0 Å². The first kappa shape index (κ1) is 33.5. The second kappa shape index (κ2) is 13.7. The highest BCUT2D eigenvalue weighted by atomic mass is 35.5. The third kappa shape index (κ3) is 6.76. The van der Waals surface area contributed by atoms with E-state index < -0.39 is 29.3 Å². The van der Waals surface area contributed by atoms with Crippen LogP contribution in [0, 0.1) is 11.6 Å². The highest BCUT2D eigenvalue weighted by molar-refractivity contribution is 6.36. The van der Waals surface area contributed by atoms with Gasteiger partial charge >= 0.3 is 6.18 Å². The highest BCUT2D eigenvalue weighted by Gasteiger charge is 2.40. The zero-order valence-corrected chi connectivity index (χ0v) is 27.8. The Morgan fingerprint density at radius 1 is 0.520 bits per heavy atom. The minimum Gasteiger partial charge on any atom is -0.207 e. The van der Waals surface area contributed by atoms with E-state index in [9.17, 15) is 8.78 Å². The molecule has 0 amide bonds. The van der Waals surface area contributed by atoms with Crippen LogP contribution in [-0.4, -0.2) is 0 Å². The molecule has 0 N–H and O–H groups in total. The minimum atomic E-state index is -4.85. The fourth-order valence-electron chi connectivity index (χ4n) is 6.79. The van der Waals surface area contributed by atoms with Crippen LogP contribution in [0.3, 0.4) is 0 Å². The summed E-state index contributed by atoms with van der Waals surface area (Å²) in [6.45, 7) is 0. The van der Waals surface area contributed by atoms with Gasteiger partial charge in [-0.05, 0) is 98.1 Å². The predicted molar refractivity (Wildman–Crippen MR) is 194 cm³/mol. The molecule has 0 saturated carbocycles. The number of hydrogen-bond donors (Lipinski definition) is 0. The average molecular weight is 710 g/mol. The van der Waals surface area contributed by atoms with Crippen LogP contribution in [0.5, 0.6) is 0 Å². The second-order valence-corrected chi connectivity index (χ2v) is 13.0. The molecule has 0 aliphatic rings. The maximum absolute atomic E-state index is 15.9. The summed E-state index contributed by atoms with van der Waals surface area (Å²) in [4.78, 5) is 0. The monoisotopic (exact) mass is 708 g/mol. The van der Waals surface area contributed by atoms with Crippen LogP contribution in [0.25, 0.3) is 44.2 Å². The van der Waals surface area contributed by atoms with Crippen LogP contribution in [0.1, 0.15) is 28.2 Å². The molecule has 0 nitrogen and oxygen atoms in total. The molecule has 0 saturated heterocycles. The van der Waals surface area contributed by atoms with Crippen molar-refractivity contribution < 1.29 is 22.0 Å². The lowest BCUT2D eigenvalue weighted by Crippen LogP contribution is -2.17. The fourth-order valence-corrected chi connectivity index (χ4v) is 7.29. The Bertz CT molecular complexity index is 2270. The van der Waals surface area contributed by atoms with Crippen LogP contribution in [-0.2, 0) is 12.6 Å². The minimum absolute atomic E-state index is 0.0650. The molecule has 0 aliphatic heterocycles. The van der Waals surface area contributed by atoms with E-state index in [0.717, 1.165) is 40.1 Å². The molecule has 7 heteroatoms. The molecule has 7 aromatic rings. The van der Waals surface area contributed by atoms with Crippen LogP contribution in [0.2, 0.25) is 10.0 Å². The van der Waals surface area contributed by atoms with Gasteiger partial charge in [-0.1, -0.05) is 126 Å². The molecular weight excluding hydrogens is 682 g/mol. The molecule has 0 aliphatic carbocycles. The maximum atomic E-state index is 15.9. The van der Waals surface area contributed by atoms with Gasteiger partial charge in [-0.3, -0.25) is 0 Å². The Hall–Kier alpha value is -4.97. The van der Waals surface area contributed by atoms with Gasteiger partial charge in [0.15, 0.2) is 0 Å². The summed E-state index contributed by atoms with van der Waals surface area (Å²) >= 11 is 13.1. The fraction of sp³-hybridized carbons (Fsp3) is 0.0698. The lowest BCUT2D eigenvalue weighted by atomic mass is 9.77. The van der Waals surface area contributed by atoms with Gasteiger partial charge in [0.25, 0.3) is 0 Å². The summed E-state index contributed by atoms with van der Waals surface area (Å²) in [5, 5.41) is 1.98. The largest absolute Gasteiger partial charge is 0.417 e. The van der Waals surface area contributed by atoms with E-state index in [1.54, 1.807) is 30.3 Å². The Kier molecular flexibility index (Phi) is 9.21. The quantitative estimate of drug-likeness (QED) is 0.145. The van der Waals surface area contributed by atoms with Crippen molar-refractivity contribution in [1.29, 1.82) is 0 Å². The highest BCUT2D eigenvalue weighted by Crippen LogP contribution is 2.51. The number of rotatable bonds is 7. The van der Waals surface area contributed by atoms with E-state index in [0.29, 0.717) is 5.56 Å². The smallest absolute Gasteiger partial charge is 0.207 e. The molecule has 0 aromatic heterocycles. The number of benzene rings is 7. The van der Waals surface area contributed by atoms with Gasteiger partial charge in [0.1, 0.15) is 11.6 Å². The first-order valence-corrected chi connectivity index (χ1v) is 16.6. The third-order valence-corrected chi connectivity index (χ3v) is 9.51. The van der Waals surface area contributed by atoms with Crippen molar-refractivity contribution in [2.75, 3.05) is 0 Å². The molecule has 0 atom stereocenters. The van der Waals surface area contributed by atoms with E-state index in [1.165, 1.54) is 12.1 Å². The standard InChI is InChI=1S/C43H27Cl2F5/c44-32-17-18-35(40(45)22-32)41-37(31-20-33(46)23-34(47)21-31)25-38(30-16-15-26-9-7-8-14-29(26)19-30)42(43(48,49)50)39(41)24-36(27-10-3-1-4-11-27)28-12-5-2-6-13-28/h1-23,25,36H,24H2. The average Bonchev–Trinajstić information content (AvgIpc) is 3.10. The lowest BCUT2D eigenvalue weighted by molar-refractivity contribution is -0.137. The van der Waals surface area contributed by atoms with E-state index in [1.807, 2.05) is 84.9 Å². The topological polar surface area (TPSA) is 0 Å². The van der Waals surface area contributed by atoms with Crippen molar-refractivity contribution in [3.05, 3.63) is 190 Å². The van der Waals surface area contributed by atoms with Gasteiger partial charge in [-0.15, -0.1) is 0 Å². The third-order valence-electron chi connectivity index (χ3n) is 8.96. The molecule has 0 spiro atoms. The molecular formula is C43H27Cl2F5. The van der Waals surface area contributed by atoms with Gasteiger partial charge in [-0.25, -0.2) is 8.78 Å². The molecule has 0 unspecified atom stereocenters. The summed E-state index contributed by atoms with van der Waals surface area (Å²) < 4.78 is 77.6. The van der Waals surface area contributed by atoms with Crippen molar-refractivity contribution in [3.8, 4) is 33.4 Å². The Labute approximate surface area is 296 Å². The lowest BCUT2D eigenvalue weighted by Gasteiger charge is -2.28. The van der Waals surface area contributed by atoms with Gasteiger partial charge < -0.3 is 0 Å². The van der Waals surface area contributed by atoms with Crippen LogP contribution in [0.4, 0.5) is 22.0 Å². The molecule has 248 valence electrons. The number of fused-ring (bicyclic) bond motifs is 1. The SMILES string of the molecule is Fc1cc(F)cc(-c2cc(-c3ccc4ccccc4c3)c(C(F)(F)F)c(CC(c3ccccc3)c3ccccc3)c2-c2ccc(Cl)cc2Cl)c1. The van der Waals surface area contributed by atoms with E-state index >= 15 is 13.2 Å². The number of hydrogen-bond acceptors (Lipinski definition) is 0. The molecule has 7 rings (SSSR count). The van der Waals surface area contributed by atoms with Crippen LogP contribution in [0.15, 0.2) is 146 Å². The zero-order valence-electron chi connectivity index (χ0n) is 26.3. The van der Waals surface area contributed by atoms with E-state index in [4.69, 9.17) is 23.2 Å². The Morgan fingerprint density at radius 2 is 1.12 bits per heavy atom. The molecule has 0 radical (unpaired) electrons. The predicted octanol–water partition coefficient (Wildman–Crippen LogP) is 13.8. The van der Waals surface area contributed by atoms with E-state index in [-0.39, 0.29) is 49.8 Å². The summed E-state index contributed by atoms with van der Waals surface area (Å²) in [5.41, 5.74) is 1.49. The first-order valence-electron chi connectivity index (χ1n) is 15.8. The normalized spacial score (nSPS) is 11.8.